The van der Waals surface area contributed by atoms with E-state index in [-0.39, 0.29) is 29.9 Å². The van der Waals surface area contributed by atoms with Crippen LogP contribution in [-0.2, 0) is 17.9 Å². The van der Waals surface area contributed by atoms with Crippen molar-refractivity contribution in [3.63, 3.8) is 0 Å². The standard InChI is InChI=1S/C27H23NO7S/c1-33-21-10-5-17(6-11-21)15-28-25(29)24(36-27(28)32)14-19-7-12-22(23(13-19)34-2)35-16-18-3-8-20(9-4-18)26(30)31/h3-14H,15-16H2,1-2H3,(H,30,31)/b24-14-. The van der Waals surface area contributed by atoms with Gasteiger partial charge < -0.3 is 19.3 Å². The van der Waals surface area contributed by atoms with Crippen LogP contribution in [0.2, 0.25) is 0 Å². The fourth-order valence-electron chi connectivity index (χ4n) is 3.50. The molecule has 0 bridgehead atoms. The number of amides is 2. The summed E-state index contributed by atoms with van der Waals surface area (Å²) in [6.07, 6.45) is 1.65. The van der Waals surface area contributed by atoms with Crippen LogP contribution >= 0.6 is 11.8 Å². The Morgan fingerprint density at radius 3 is 2.25 bits per heavy atom. The van der Waals surface area contributed by atoms with Crippen molar-refractivity contribution < 1.29 is 33.7 Å². The van der Waals surface area contributed by atoms with Crippen molar-refractivity contribution in [2.75, 3.05) is 14.2 Å². The van der Waals surface area contributed by atoms with Crippen molar-refractivity contribution >= 4 is 35.0 Å². The van der Waals surface area contributed by atoms with E-state index in [0.29, 0.717) is 27.7 Å². The van der Waals surface area contributed by atoms with Gasteiger partial charge in [0.1, 0.15) is 12.4 Å². The Kier molecular flexibility index (Phi) is 7.60. The Labute approximate surface area is 212 Å². The molecule has 0 aliphatic carbocycles. The smallest absolute Gasteiger partial charge is 0.335 e. The van der Waals surface area contributed by atoms with Gasteiger partial charge in [0.25, 0.3) is 11.1 Å². The summed E-state index contributed by atoms with van der Waals surface area (Å²) in [5.74, 6) is 0.307. The van der Waals surface area contributed by atoms with Gasteiger partial charge in [0, 0.05) is 0 Å². The number of carboxylic acids is 1. The molecule has 36 heavy (non-hydrogen) atoms. The second-order valence-corrected chi connectivity index (χ2v) is 8.81. The summed E-state index contributed by atoms with van der Waals surface area (Å²) >= 11 is 0.892. The molecule has 0 saturated carbocycles. The van der Waals surface area contributed by atoms with E-state index in [1.807, 2.05) is 12.1 Å². The highest BCUT2D eigenvalue weighted by molar-refractivity contribution is 8.18. The number of imide groups is 1. The molecule has 9 heteroatoms. The van der Waals surface area contributed by atoms with Crippen LogP contribution in [-0.4, -0.2) is 41.3 Å². The van der Waals surface area contributed by atoms with Gasteiger partial charge in [0.05, 0.1) is 31.2 Å². The van der Waals surface area contributed by atoms with Crippen molar-refractivity contribution in [2.45, 2.75) is 13.2 Å². The molecule has 1 aliphatic heterocycles. The number of hydrogen-bond donors (Lipinski definition) is 1. The molecular weight excluding hydrogens is 482 g/mol. The zero-order valence-electron chi connectivity index (χ0n) is 19.6. The number of carbonyl (C=O) groups is 3. The Bertz CT molecular complexity index is 1320. The maximum atomic E-state index is 12.9. The Morgan fingerprint density at radius 1 is 0.917 bits per heavy atom. The topological polar surface area (TPSA) is 102 Å². The molecule has 4 rings (SSSR count). The number of ether oxygens (including phenoxy) is 3. The summed E-state index contributed by atoms with van der Waals surface area (Å²) in [5, 5.41) is 8.68. The largest absolute Gasteiger partial charge is 0.497 e. The van der Waals surface area contributed by atoms with Gasteiger partial charge in [-0.15, -0.1) is 0 Å². The van der Waals surface area contributed by atoms with Crippen LogP contribution in [0.5, 0.6) is 17.2 Å². The third kappa shape index (κ3) is 5.69. The highest BCUT2D eigenvalue weighted by atomic mass is 32.2. The van der Waals surface area contributed by atoms with E-state index >= 15 is 0 Å². The summed E-state index contributed by atoms with van der Waals surface area (Å²) in [7, 11) is 3.09. The summed E-state index contributed by atoms with van der Waals surface area (Å²) in [6.45, 7) is 0.398. The van der Waals surface area contributed by atoms with Crippen molar-refractivity contribution in [3.05, 3.63) is 93.9 Å². The van der Waals surface area contributed by atoms with E-state index in [1.165, 1.54) is 24.1 Å². The lowest BCUT2D eigenvalue weighted by atomic mass is 10.1. The molecule has 0 unspecified atom stereocenters. The number of rotatable bonds is 9. The fourth-order valence-corrected chi connectivity index (χ4v) is 4.34. The minimum Gasteiger partial charge on any atom is -0.497 e. The maximum Gasteiger partial charge on any atom is 0.335 e. The molecule has 8 nitrogen and oxygen atoms in total. The van der Waals surface area contributed by atoms with E-state index < -0.39 is 5.97 Å². The first-order chi connectivity index (χ1) is 17.4. The molecule has 3 aromatic rings. The molecule has 1 fully saturated rings. The summed E-state index contributed by atoms with van der Waals surface area (Å²) < 4.78 is 16.4. The second-order valence-electron chi connectivity index (χ2n) is 7.82. The third-order valence-corrected chi connectivity index (χ3v) is 6.36. The monoisotopic (exact) mass is 505 g/mol. The average Bonchev–Trinajstić information content (AvgIpc) is 3.15. The molecule has 1 saturated heterocycles. The summed E-state index contributed by atoms with van der Waals surface area (Å²) in [5.41, 5.74) is 2.51. The molecule has 2 amide bonds. The molecule has 0 radical (unpaired) electrons. The predicted molar refractivity (Wildman–Crippen MR) is 135 cm³/mol. The molecular formula is C27H23NO7S. The number of carboxylic acid groups (broad SMARTS) is 1. The van der Waals surface area contributed by atoms with Crippen LogP contribution in [0.4, 0.5) is 4.79 Å². The number of thioether (sulfide) groups is 1. The van der Waals surface area contributed by atoms with E-state index in [2.05, 4.69) is 0 Å². The second kappa shape index (κ2) is 11.0. The molecule has 1 aliphatic rings. The van der Waals surface area contributed by atoms with Gasteiger partial charge in [-0.25, -0.2) is 4.79 Å². The van der Waals surface area contributed by atoms with Crippen molar-refractivity contribution in [3.8, 4) is 17.2 Å². The van der Waals surface area contributed by atoms with E-state index in [0.717, 1.165) is 22.9 Å². The molecule has 3 aromatic carbocycles. The maximum absolute atomic E-state index is 12.9. The van der Waals surface area contributed by atoms with Crippen LogP contribution < -0.4 is 14.2 Å². The van der Waals surface area contributed by atoms with Gasteiger partial charge in [0.15, 0.2) is 11.5 Å². The normalized spacial score (nSPS) is 14.3. The molecule has 0 spiro atoms. The van der Waals surface area contributed by atoms with Gasteiger partial charge in [0.2, 0.25) is 0 Å². The van der Waals surface area contributed by atoms with Gasteiger partial charge in [-0.3, -0.25) is 14.5 Å². The van der Waals surface area contributed by atoms with E-state index in [1.54, 1.807) is 55.7 Å². The van der Waals surface area contributed by atoms with Gasteiger partial charge >= 0.3 is 5.97 Å². The number of nitrogens with zero attached hydrogens (tertiary/aromatic N) is 1. The quantitative estimate of drug-likeness (QED) is 0.395. The molecule has 1 heterocycles. The third-order valence-electron chi connectivity index (χ3n) is 5.45. The summed E-state index contributed by atoms with van der Waals surface area (Å²) in [6, 6.07) is 18.8. The van der Waals surface area contributed by atoms with Crippen LogP contribution in [0, 0.1) is 0 Å². The minimum atomic E-state index is -0.988. The lowest BCUT2D eigenvalue weighted by Crippen LogP contribution is -2.27. The first-order valence-corrected chi connectivity index (χ1v) is 11.7. The Morgan fingerprint density at radius 2 is 1.61 bits per heavy atom. The summed E-state index contributed by atoms with van der Waals surface area (Å²) in [4.78, 5) is 37.9. The number of hydrogen-bond acceptors (Lipinski definition) is 7. The van der Waals surface area contributed by atoms with Crippen LogP contribution in [0.25, 0.3) is 6.08 Å². The SMILES string of the molecule is COc1ccc(CN2C(=O)S/C(=C\c3ccc(OCc4ccc(C(=O)O)cc4)c(OC)c3)C2=O)cc1. The number of benzene rings is 3. The predicted octanol–water partition coefficient (Wildman–Crippen LogP) is 5.22. The van der Waals surface area contributed by atoms with Crippen molar-refractivity contribution in [2.24, 2.45) is 0 Å². The zero-order chi connectivity index (χ0) is 25.7. The van der Waals surface area contributed by atoms with Crippen LogP contribution in [0.3, 0.4) is 0 Å². The lowest BCUT2D eigenvalue weighted by molar-refractivity contribution is -0.123. The molecule has 184 valence electrons. The first kappa shape index (κ1) is 24.9. The van der Waals surface area contributed by atoms with E-state index in [9.17, 15) is 14.4 Å². The van der Waals surface area contributed by atoms with Crippen LogP contribution in [0.1, 0.15) is 27.0 Å². The minimum absolute atomic E-state index is 0.176. The van der Waals surface area contributed by atoms with Gasteiger partial charge in [-0.2, -0.15) is 0 Å². The van der Waals surface area contributed by atoms with Crippen LogP contribution in [0.15, 0.2) is 71.6 Å². The zero-order valence-corrected chi connectivity index (χ0v) is 20.4. The van der Waals surface area contributed by atoms with E-state index in [4.69, 9.17) is 19.3 Å². The number of methoxy groups -OCH3 is 2. The lowest BCUT2D eigenvalue weighted by Gasteiger charge is -2.13. The van der Waals surface area contributed by atoms with Crippen molar-refractivity contribution in [1.29, 1.82) is 0 Å². The van der Waals surface area contributed by atoms with Gasteiger partial charge in [-0.1, -0.05) is 30.3 Å². The average molecular weight is 506 g/mol. The van der Waals surface area contributed by atoms with Gasteiger partial charge in [-0.05, 0) is 70.9 Å². The number of aromatic carboxylic acids is 1. The highest BCUT2D eigenvalue weighted by Gasteiger charge is 2.35. The highest BCUT2D eigenvalue weighted by Crippen LogP contribution is 2.35. The Balaban J connectivity index is 1.44. The molecule has 1 N–H and O–H groups in total. The molecule has 0 aromatic heterocycles. The first-order valence-electron chi connectivity index (χ1n) is 10.9. The number of carbonyl (C=O) groups excluding carboxylic acids is 2. The fraction of sp³-hybridized carbons (Fsp3) is 0.148. The van der Waals surface area contributed by atoms with Crippen molar-refractivity contribution in [1.82, 2.24) is 4.90 Å². The molecule has 0 atom stereocenters. The Hall–Kier alpha value is -4.24.